The Morgan fingerprint density at radius 1 is 1.20 bits per heavy atom. The lowest BCUT2D eigenvalue weighted by molar-refractivity contribution is 0.0397. The van der Waals surface area contributed by atoms with E-state index in [1.165, 1.54) is 0 Å². The molecule has 0 unspecified atom stereocenters. The number of phenolic OH excluding ortho intramolecular Hbond substituents is 1. The molecule has 0 aliphatic carbocycles. The van der Waals surface area contributed by atoms with E-state index in [0.29, 0.717) is 0 Å². The van der Waals surface area contributed by atoms with Gasteiger partial charge in [-0.15, -0.1) is 0 Å². The molecular weight excluding hydrogens is 192 g/mol. The fraction of sp³-hybridized carbons (Fsp3) is 0.364. The minimum Gasteiger partial charge on any atom is -0.508 e. The molecule has 0 bridgehead atoms. The Bertz CT molecular complexity index is 329. The largest absolute Gasteiger partial charge is 0.508 e. The minimum absolute atomic E-state index is 0.276. The van der Waals surface area contributed by atoms with Crippen molar-refractivity contribution in [3.05, 3.63) is 29.8 Å². The van der Waals surface area contributed by atoms with Crippen LogP contribution in [0.5, 0.6) is 5.75 Å². The van der Waals surface area contributed by atoms with Crippen LogP contribution in [0.4, 0.5) is 0 Å². The van der Waals surface area contributed by atoms with Crippen molar-refractivity contribution in [2.24, 2.45) is 5.10 Å². The number of benzene rings is 1. The van der Waals surface area contributed by atoms with Gasteiger partial charge in [-0.3, -0.25) is 5.01 Å². The summed E-state index contributed by atoms with van der Waals surface area (Å²) in [6.07, 6.45) is 1.80. The molecule has 1 saturated heterocycles. The monoisotopic (exact) mass is 206 g/mol. The summed E-state index contributed by atoms with van der Waals surface area (Å²) in [6.45, 7) is 3.17. The molecule has 1 aromatic carbocycles. The highest BCUT2D eigenvalue weighted by Crippen LogP contribution is 2.08. The van der Waals surface area contributed by atoms with Gasteiger partial charge in [-0.05, 0) is 29.8 Å². The van der Waals surface area contributed by atoms with Crippen LogP contribution < -0.4 is 0 Å². The molecule has 0 saturated carbocycles. The van der Waals surface area contributed by atoms with Crippen molar-refractivity contribution < 1.29 is 9.84 Å². The van der Waals surface area contributed by atoms with Gasteiger partial charge in [0.15, 0.2) is 0 Å². The van der Waals surface area contributed by atoms with E-state index >= 15 is 0 Å². The summed E-state index contributed by atoms with van der Waals surface area (Å²) in [5.41, 5.74) is 0.985. The lowest BCUT2D eigenvalue weighted by atomic mass is 10.2. The highest BCUT2D eigenvalue weighted by atomic mass is 16.5. The number of phenols is 1. The Kier molecular flexibility index (Phi) is 3.19. The van der Waals surface area contributed by atoms with Crippen molar-refractivity contribution in [3.63, 3.8) is 0 Å². The molecule has 0 spiro atoms. The molecule has 0 atom stereocenters. The first-order valence-electron chi connectivity index (χ1n) is 5.00. The average molecular weight is 206 g/mol. The Labute approximate surface area is 88.8 Å². The summed E-state index contributed by atoms with van der Waals surface area (Å²) < 4.78 is 5.22. The van der Waals surface area contributed by atoms with Gasteiger partial charge in [-0.25, -0.2) is 0 Å². The molecule has 0 aromatic heterocycles. The van der Waals surface area contributed by atoms with Crippen LogP contribution in [0.15, 0.2) is 29.4 Å². The highest BCUT2D eigenvalue weighted by molar-refractivity contribution is 5.79. The molecule has 0 amide bonds. The topological polar surface area (TPSA) is 45.1 Å². The zero-order valence-corrected chi connectivity index (χ0v) is 8.47. The van der Waals surface area contributed by atoms with E-state index in [-0.39, 0.29) is 5.75 Å². The van der Waals surface area contributed by atoms with Crippen LogP contribution in [0.2, 0.25) is 0 Å². The van der Waals surface area contributed by atoms with E-state index < -0.39 is 0 Å². The number of hydrogen-bond acceptors (Lipinski definition) is 4. The molecule has 1 N–H and O–H groups in total. The smallest absolute Gasteiger partial charge is 0.115 e. The molecule has 1 aliphatic rings. The van der Waals surface area contributed by atoms with E-state index in [0.717, 1.165) is 31.9 Å². The lowest BCUT2D eigenvalue weighted by Gasteiger charge is -2.23. The summed E-state index contributed by atoms with van der Waals surface area (Å²) in [7, 11) is 0. The third-order valence-corrected chi connectivity index (χ3v) is 2.25. The molecule has 15 heavy (non-hydrogen) atoms. The fourth-order valence-corrected chi connectivity index (χ4v) is 1.38. The summed E-state index contributed by atoms with van der Waals surface area (Å²) >= 11 is 0. The van der Waals surface area contributed by atoms with Crippen molar-refractivity contribution in [1.29, 1.82) is 0 Å². The first kappa shape index (κ1) is 9.98. The van der Waals surface area contributed by atoms with Crippen LogP contribution in [0, 0.1) is 0 Å². The van der Waals surface area contributed by atoms with Gasteiger partial charge in [-0.1, -0.05) is 0 Å². The molecule has 1 aromatic rings. The second kappa shape index (κ2) is 4.79. The van der Waals surface area contributed by atoms with Crippen LogP contribution in [0.25, 0.3) is 0 Å². The Morgan fingerprint density at radius 2 is 1.87 bits per heavy atom. The molecule has 2 rings (SSSR count). The van der Waals surface area contributed by atoms with Gasteiger partial charge >= 0.3 is 0 Å². The zero-order valence-electron chi connectivity index (χ0n) is 8.47. The van der Waals surface area contributed by atoms with Crippen molar-refractivity contribution in [1.82, 2.24) is 5.01 Å². The number of ether oxygens (including phenoxy) is 1. The predicted molar refractivity (Wildman–Crippen MR) is 58.1 cm³/mol. The molecule has 1 fully saturated rings. The zero-order chi connectivity index (χ0) is 10.5. The third kappa shape index (κ3) is 2.95. The van der Waals surface area contributed by atoms with Crippen LogP contribution in [-0.2, 0) is 4.74 Å². The molecular formula is C11H14N2O2. The Morgan fingerprint density at radius 3 is 2.53 bits per heavy atom. The van der Waals surface area contributed by atoms with Crippen molar-refractivity contribution >= 4 is 6.21 Å². The Hall–Kier alpha value is -1.55. The number of hydrogen-bond donors (Lipinski definition) is 1. The number of aromatic hydroxyl groups is 1. The number of morpholine rings is 1. The molecule has 0 radical (unpaired) electrons. The number of hydrazone groups is 1. The van der Waals surface area contributed by atoms with Gasteiger partial charge in [-0.2, -0.15) is 5.10 Å². The van der Waals surface area contributed by atoms with Crippen LogP contribution in [-0.4, -0.2) is 42.6 Å². The van der Waals surface area contributed by atoms with E-state index in [2.05, 4.69) is 5.10 Å². The van der Waals surface area contributed by atoms with E-state index in [4.69, 9.17) is 9.84 Å². The molecule has 4 heteroatoms. The number of rotatable bonds is 2. The van der Waals surface area contributed by atoms with Crippen LogP contribution >= 0.6 is 0 Å². The highest BCUT2D eigenvalue weighted by Gasteiger charge is 2.05. The van der Waals surface area contributed by atoms with E-state index in [1.807, 2.05) is 17.1 Å². The molecule has 80 valence electrons. The second-order valence-electron chi connectivity index (χ2n) is 3.40. The Balaban J connectivity index is 1.95. The maximum absolute atomic E-state index is 9.10. The van der Waals surface area contributed by atoms with E-state index in [9.17, 15) is 0 Å². The van der Waals surface area contributed by atoms with Gasteiger partial charge in [0.2, 0.25) is 0 Å². The number of nitrogens with zero attached hydrogens (tertiary/aromatic N) is 2. The van der Waals surface area contributed by atoms with Crippen molar-refractivity contribution in [2.75, 3.05) is 26.3 Å². The first-order chi connectivity index (χ1) is 7.34. The summed E-state index contributed by atoms with van der Waals surface area (Å²) in [5.74, 6) is 0.276. The summed E-state index contributed by atoms with van der Waals surface area (Å²) in [6, 6.07) is 6.97. The van der Waals surface area contributed by atoms with Crippen molar-refractivity contribution in [3.8, 4) is 5.75 Å². The maximum atomic E-state index is 9.10. The van der Waals surface area contributed by atoms with Gasteiger partial charge in [0.25, 0.3) is 0 Å². The summed E-state index contributed by atoms with van der Waals surface area (Å²) in [5, 5.41) is 15.4. The van der Waals surface area contributed by atoms with Crippen molar-refractivity contribution in [2.45, 2.75) is 0 Å². The molecule has 1 heterocycles. The van der Waals surface area contributed by atoms with Gasteiger partial charge in [0, 0.05) is 0 Å². The van der Waals surface area contributed by atoms with Gasteiger partial charge in [0.05, 0.1) is 32.5 Å². The second-order valence-corrected chi connectivity index (χ2v) is 3.40. The quantitative estimate of drug-likeness (QED) is 0.736. The first-order valence-corrected chi connectivity index (χ1v) is 5.00. The predicted octanol–water partition coefficient (Wildman–Crippen LogP) is 1.06. The standard InChI is InChI=1S/C11H14N2O2/c14-11-3-1-10(2-4-11)9-12-13-5-7-15-8-6-13/h1-4,9,14H,5-8H2/b12-9-. The van der Waals surface area contributed by atoms with Gasteiger partial charge < -0.3 is 9.84 Å². The molecule has 1 aliphatic heterocycles. The minimum atomic E-state index is 0.276. The van der Waals surface area contributed by atoms with Crippen LogP contribution in [0.1, 0.15) is 5.56 Å². The normalized spacial score (nSPS) is 17.2. The summed E-state index contributed by atoms with van der Waals surface area (Å²) in [4.78, 5) is 0. The van der Waals surface area contributed by atoms with E-state index in [1.54, 1.807) is 18.3 Å². The third-order valence-electron chi connectivity index (χ3n) is 2.25. The average Bonchev–Trinajstić information content (AvgIpc) is 2.30. The fourth-order valence-electron chi connectivity index (χ4n) is 1.38. The van der Waals surface area contributed by atoms with Gasteiger partial charge in [0.1, 0.15) is 5.75 Å². The lowest BCUT2D eigenvalue weighted by Crippen LogP contribution is -2.32. The van der Waals surface area contributed by atoms with Crippen LogP contribution in [0.3, 0.4) is 0 Å². The maximum Gasteiger partial charge on any atom is 0.115 e. The molecule has 4 nitrogen and oxygen atoms in total. The SMILES string of the molecule is Oc1ccc(/C=N\N2CCOCC2)cc1.